The molecule has 2 aliphatic heterocycles. The summed E-state index contributed by atoms with van der Waals surface area (Å²) < 4.78 is 40.5. The third-order valence-corrected chi connectivity index (χ3v) is 17.9. The summed E-state index contributed by atoms with van der Waals surface area (Å²) in [4.78, 5) is 96.6. The van der Waals surface area contributed by atoms with Crippen molar-refractivity contribution in [1.29, 1.82) is 0 Å². The summed E-state index contributed by atoms with van der Waals surface area (Å²) in [6, 6.07) is 28.8. The van der Waals surface area contributed by atoms with Crippen molar-refractivity contribution in [2.75, 3.05) is 58.1 Å². The van der Waals surface area contributed by atoms with Crippen molar-refractivity contribution in [3.8, 4) is 45.5 Å². The number of nitro groups is 2. The molecule has 108 heavy (non-hydrogen) atoms. The van der Waals surface area contributed by atoms with Gasteiger partial charge in [0.25, 0.3) is 0 Å². The van der Waals surface area contributed by atoms with Gasteiger partial charge >= 0.3 is 35.9 Å². The summed E-state index contributed by atoms with van der Waals surface area (Å²) in [5, 5.41) is 35.5. The number of anilines is 1. The second-order valence-electron chi connectivity index (χ2n) is 30.4. The van der Waals surface area contributed by atoms with Crippen LogP contribution >= 0.6 is 0 Å². The van der Waals surface area contributed by atoms with Crippen molar-refractivity contribution in [3.63, 3.8) is 0 Å². The van der Waals surface area contributed by atoms with Crippen molar-refractivity contribution in [3.05, 3.63) is 136 Å². The Morgan fingerprint density at radius 3 is 1.16 bits per heavy atom. The minimum atomic E-state index is -1.06. The quantitative estimate of drug-likeness (QED) is 0.0390. The number of hydrogen-bond donors (Lipinski definition) is 1. The molecule has 4 fully saturated rings. The first kappa shape index (κ1) is 84.6. The molecule has 4 aromatic carbocycles. The van der Waals surface area contributed by atoms with Crippen LogP contribution in [0.1, 0.15) is 175 Å². The maximum atomic E-state index is 12.5. The first-order valence-electron chi connectivity index (χ1n) is 35.4. The van der Waals surface area contributed by atoms with E-state index in [4.69, 9.17) is 44.4 Å². The number of nitrogens with zero attached hydrogens (tertiary/aromatic N) is 14. The number of carbonyl (C=O) groups excluding carboxylic acids is 4. The first-order valence-corrected chi connectivity index (χ1v) is 35.4. The number of piperazine rings is 2. The fourth-order valence-electron chi connectivity index (χ4n) is 13.2. The lowest BCUT2D eigenvalue weighted by Crippen LogP contribution is -2.53. The highest BCUT2D eigenvalue weighted by Gasteiger charge is 2.37. The van der Waals surface area contributed by atoms with Crippen LogP contribution < -0.4 is 15.2 Å². The largest absolute Gasteiger partial charge is 0.519 e. The van der Waals surface area contributed by atoms with Gasteiger partial charge in [-0.3, -0.25) is 30.0 Å². The van der Waals surface area contributed by atoms with E-state index >= 15 is 0 Å². The van der Waals surface area contributed by atoms with Gasteiger partial charge in [-0.2, -0.15) is 10.2 Å². The zero-order chi connectivity index (χ0) is 75.7. The van der Waals surface area contributed by atoms with Crippen LogP contribution in [0.2, 0.25) is 0 Å². The fourth-order valence-corrected chi connectivity index (χ4v) is 13.2. The van der Waals surface area contributed by atoms with E-state index in [9.17, 15) is 39.4 Å². The predicted octanol–water partition coefficient (Wildman–Crippen LogP) is 17.1. The number of nitro benzene ring substituents is 2. The maximum Gasteiger partial charge on any atom is 0.519 e. The summed E-state index contributed by atoms with van der Waals surface area (Å²) in [5.74, 6) is 1.59. The molecule has 584 valence electrons. The number of nitrogens with two attached hydrogens (primary N) is 1. The van der Waals surface area contributed by atoms with Crippen LogP contribution in [-0.4, -0.2) is 180 Å². The molecular formula is C78H107N15O15. The van der Waals surface area contributed by atoms with Crippen molar-refractivity contribution < 1.29 is 62.2 Å². The molecule has 2 N–H and O–H groups in total. The lowest BCUT2D eigenvalue weighted by Gasteiger charge is -2.42. The highest BCUT2D eigenvalue weighted by molar-refractivity contribution is 5.99. The highest BCUT2D eigenvalue weighted by Crippen LogP contribution is 2.43. The number of benzene rings is 4. The molecule has 2 amide bonds. The van der Waals surface area contributed by atoms with Crippen molar-refractivity contribution in [1.82, 2.24) is 59.1 Å². The number of aryl methyl sites for hydroxylation is 1. The average molecular weight is 1490 g/mol. The molecule has 2 saturated carbocycles. The Labute approximate surface area is 631 Å². The smallest absolute Gasteiger partial charge is 0.450 e. The molecule has 4 aliphatic rings. The number of ether oxygens (including phenoxy) is 7. The van der Waals surface area contributed by atoms with Crippen molar-refractivity contribution >= 4 is 63.8 Å². The van der Waals surface area contributed by atoms with Crippen LogP contribution in [-0.2, 0) is 23.7 Å². The van der Waals surface area contributed by atoms with Crippen molar-refractivity contribution in [2.24, 2.45) is 0 Å². The number of nitrogen functional groups attached to an aromatic ring is 1. The Morgan fingerprint density at radius 1 is 0.454 bits per heavy atom. The van der Waals surface area contributed by atoms with E-state index in [1.54, 1.807) is 118 Å². The molecule has 2 saturated heterocycles. The number of aromatic nitrogens is 8. The summed E-state index contributed by atoms with van der Waals surface area (Å²) in [5.41, 5.74) is 8.01. The molecule has 0 bridgehead atoms. The molecule has 0 radical (unpaired) electrons. The monoisotopic (exact) mass is 1490 g/mol. The molecule has 30 heteroatoms. The van der Waals surface area contributed by atoms with E-state index in [0.29, 0.717) is 83.3 Å². The summed E-state index contributed by atoms with van der Waals surface area (Å²) in [7, 11) is 0. The predicted molar refractivity (Wildman–Crippen MR) is 412 cm³/mol. The molecule has 8 aromatic rings. The lowest BCUT2D eigenvalue weighted by molar-refractivity contribution is -0.385. The van der Waals surface area contributed by atoms with Crippen LogP contribution in [0.15, 0.2) is 110 Å². The Morgan fingerprint density at radius 2 is 0.796 bits per heavy atom. The Hall–Kier alpha value is -10.6. The minimum absolute atomic E-state index is 0. The third kappa shape index (κ3) is 22.3. The van der Waals surface area contributed by atoms with E-state index in [1.807, 2.05) is 82.1 Å². The maximum absolute atomic E-state index is 12.5. The molecule has 0 atom stereocenters. The second kappa shape index (κ2) is 35.9. The Bertz CT molecular complexity index is 4100. The van der Waals surface area contributed by atoms with Crippen LogP contribution in [0.4, 0.5) is 36.4 Å². The lowest BCUT2D eigenvalue weighted by atomic mass is 9.90. The molecule has 2 aliphatic carbocycles. The normalized spacial score (nSPS) is 17.8. The van der Waals surface area contributed by atoms with E-state index in [-0.39, 0.29) is 75.2 Å². The molecule has 12 rings (SSSR count). The molecule has 0 spiro atoms. The van der Waals surface area contributed by atoms with Crippen LogP contribution in [0.25, 0.3) is 44.6 Å². The topological polar surface area (TPSA) is 345 Å². The number of fused-ring (bicyclic) bond motifs is 2. The van der Waals surface area contributed by atoms with E-state index in [2.05, 4.69) is 34.5 Å². The van der Waals surface area contributed by atoms with Gasteiger partial charge < -0.3 is 48.7 Å². The number of amides is 2. The summed E-state index contributed by atoms with van der Waals surface area (Å²) in [6.45, 7) is 29.2. The van der Waals surface area contributed by atoms with Gasteiger partial charge in [-0.15, -0.1) is 0 Å². The van der Waals surface area contributed by atoms with Gasteiger partial charge in [0.15, 0.2) is 11.3 Å². The Balaban J connectivity index is 0.000000248. The van der Waals surface area contributed by atoms with Crippen LogP contribution in [0, 0.1) is 27.2 Å². The van der Waals surface area contributed by atoms with Gasteiger partial charge in [0.2, 0.25) is 11.5 Å². The minimum Gasteiger partial charge on any atom is -0.450 e. The molecule has 0 unspecified atom stereocenters. The van der Waals surface area contributed by atoms with Crippen LogP contribution in [0.5, 0.6) is 23.0 Å². The fraction of sp³-hybridized carbons (Fsp3) is 0.513. The molecule has 4 aromatic heterocycles. The van der Waals surface area contributed by atoms with E-state index in [1.165, 1.54) is 18.5 Å². The zero-order valence-electron chi connectivity index (χ0n) is 62.0. The first-order chi connectivity index (χ1) is 49.6. The van der Waals surface area contributed by atoms with E-state index < -0.39 is 44.6 Å². The average Bonchev–Trinajstić information content (AvgIpc) is 1.61. The van der Waals surface area contributed by atoms with Gasteiger partial charge in [0.05, 0.1) is 38.4 Å². The standard InChI is InChI=1S/C33H39N7O5.C32H38N8O5.C10H18O5.3CH4/c1-22-29-30(23-10-15-28(27(20-23)40(42)43)44-26-8-6-5-7-9-26)36-39(31(29)35-21-34-22)25-13-11-24(12-14-25)37-16-18-38(19-17-37)32(41)45-33(2,3)4;1-32(2,3)45-31(41)38-17-15-37(16-18-38)22-10-12-23(13-11-22)39-30-27(29(33)34-20-35-30)28(36-39)21-9-14-26(25(19-21)40(42)43)44-24-7-5-4-6-8-24;1-9(2,3)14-7(11)13-8(12)15-10(4,5)6;;;/h5-10,15,20-21,24-25H,11-14,16-19H2,1-4H3;4-9,14,19-20,22-23H,10-13,15-18H2,1-3H3,(H2,33,34,35);1-6H3;3*1H4. The number of rotatable bonds is 12. The number of para-hydroxylation sites is 2. The summed E-state index contributed by atoms with van der Waals surface area (Å²) in [6.07, 6.45) is 7.98. The van der Waals surface area contributed by atoms with E-state index in [0.717, 1.165) is 94.3 Å². The Kier molecular flexibility index (Phi) is 28.1. The molecule has 6 heterocycles. The van der Waals surface area contributed by atoms with Crippen molar-refractivity contribution in [2.45, 2.75) is 210 Å². The molecular weight excluding hydrogens is 1390 g/mol. The van der Waals surface area contributed by atoms with Gasteiger partial charge in [0.1, 0.15) is 63.8 Å². The van der Waals surface area contributed by atoms with Gasteiger partial charge in [-0.25, -0.2) is 48.5 Å². The second-order valence-corrected chi connectivity index (χ2v) is 30.4. The summed E-state index contributed by atoms with van der Waals surface area (Å²) >= 11 is 0. The van der Waals surface area contributed by atoms with Gasteiger partial charge in [-0.05, 0) is 190 Å². The molecule has 30 nitrogen and oxygen atoms in total. The number of carbonyl (C=O) groups is 4. The van der Waals surface area contributed by atoms with Crippen LogP contribution in [0.3, 0.4) is 0 Å². The number of hydrogen-bond acceptors (Lipinski definition) is 24. The highest BCUT2D eigenvalue weighted by atomic mass is 16.8. The SMILES string of the molecule is C.C.C.CC(C)(C)OC(=O)N1CCN(C2CCC(n3nc(-c4ccc(Oc5ccccc5)c([N+](=O)[O-])c4)c4c(N)ncnc43)CC2)CC1.CC(C)(C)OC(=O)OC(=O)OC(C)(C)C.Cc1ncnc2c1c(-c1ccc(Oc3ccccc3)c([N+](=O)[O-])c1)nn2C1CCC(N2CCN(C(=O)OC(C)(C)C)CC2)CC1. The zero-order valence-corrected chi connectivity index (χ0v) is 62.0. The van der Waals surface area contributed by atoms with Gasteiger partial charge in [-0.1, -0.05) is 58.7 Å². The van der Waals surface area contributed by atoms with Gasteiger partial charge in [0, 0.05) is 87.7 Å². The third-order valence-electron chi connectivity index (χ3n) is 17.9.